The van der Waals surface area contributed by atoms with Gasteiger partial charge in [-0.05, 0) is 65.0 Å². The highest BCUT2D eigenvalue weighted by molar-refractivity contribution is 14.1. The van der Waals surface area contributed by atoms with Crippen LogP contribution < -0.4 is 9.47 Å². The van der Waals surface area contributed by atoms with Gasteiger partial charge in [-0.15, -0.1) is 0 Å². The zero-order valence-electron chi connectivity index (χ0n) is 20.6. The molecule has 1 atom stereocenters. The summed E-state index contributed by atoms with van der Waals surface area (Å²) in [7, 11) is -2.98. The van der Waals surface area contributed by atoms with Crippen LogP contribution in [0.2, 0.25) is 39.3 Å². The Morgan fingerprint density at radius 1 is 1.06 bits per heavy atom. The van der Waals surface area contributed by atoms with Gasteiger partial charge in [0, 0.05) is 15.8 Å². The quantitative estimate of drug-likeness (QED) is 0.186. The van der Waals surface area contributed by atoms with Gasteiger partial charge in [-0.2, -0.15) is 0 Å². The van der Waals surface area contributed by atoms with Crippen molar-refractivity contribution >= 4 is 44.7 Å². The first-order valence-electron chi connectivity index (χ1n) is 11.5. The molecule has 1 unspecified atom stereocenters. The molecule has 3 rings (SSSR count). The second-order valence-corrected chi connectivity index (χ2v) is 22.9. The van der Waals surface area contributed by atoms with Crippen LogP contribution in [0.3, 0.4) is 0 Å². The van der Waals surface area contributed by atoms with E-state index in [9.17, 15) is 4.79 Å². The summed E-state index contributed by atoms with van der Waals surface area (Å²) in [5.41, 5.74) is 2.27. The molecule has 0 bridgehead atoms. The predicted molar refractivity (Wildman–Crippen MR) is 148 cm³/mol. The molecule has 0 fully saturated rings. The monoisotopic (exact) mass is 597 g/mol. The van der Waals surface area contributed by atoms with Crippen LogP contribution in [-0.2, 0) is 11.3 Å². The van der Waals surface area contributed by atoms with Gasteiger partial charge in [0.1, 0.15) is 0 Å². The number of hydrogen-bond acceptors (Lipinski definition) is 5. The average molecular weight is 598 g/mol. The van der Waals surface area contributed by atoms with Crippen LogP contribution in [0.25, 0.3) is 0 Å². The number of nitrogens with zero attached hydrogens (tertiary/aromatic N) is 1. The van der Waals surface area contributed by atoms with Crippen LogP contribution in [0.5, 0.6) is 11.5 Å². The minimum atomic E-state index is -1.59. The lowest BCUT2D eigenvalue weighted by atomic mass is 10.2. The van der Waals surface area contributed by atoms with Gasteiger partial charge in [-0.3, -0.25) is 0 Å². The first-order valence-corrected chi connectivity index (χ1v) is 19.8. The SMILES string of the molecule is C[Si](C)(C)CN(Cc1cc2c(cc1I)OCO2)C(CCOC(=O)c1ccccc1)[Si](C)(C)C. The topological polar surface area (TPSA) is 48.0 Å². The fourth-order valence-corrected chi connectivity index (χ4v) is 8.87. The molecule has 5 nitrogen and oxygen atoms in total. The molecule has 2 aromatic carbocycles. The minimum absolute atomic E-state index is 0.244. The zero-order chi connectivity index (χ0) is 24.2. The molecular formula is C25H36INO4Si2. The molecule has 2 aromatic rings. The Bertz CT molecular complexity index is 957. The van der Waals surface area contributed by atoms with Crippen molar-refractivity contribution < 1.29 is 19.0 Å². The van der Waals surface area contributed by atoms with Gasteiger partial charge in [-0.25, -0.2) is 4.79 Å². The predicted octanol–water partition coefficient (Wildman–Crippen LogP) is 6.19. The Hall–Kier alpha value is -1.37. The number of carbonyl (C=O) groups excluding carboxylic acids is 1. The lowest BCUT2D eigenvalue weighted by molar-refractivity contribution is 0.0478. The molecule has 33 heavy (non-hydrogen) atoms. The second kappa shape index (κ2) is 10.9. The smallest absolute Gasteiger partial charge is 0.338 e. The van der Waals surface area contributed by atoms with E-state index in [1.165, 1.54) is 9.13 Å². The Kier molecular flexibility index (Phi) is 8.68. The van der Waals surface area contributed by atoms with Crippen molar-refractivity contribution in [1.29, 1.82) is 0 Å². The van der Waals surface area contributed by atoms with E-state index in [4.69, 9.17) is 14.2 Å². The highest BCUT2D eigenvalue weighted by Crippen LogP contribution is 2.36. The Morgan fingerprint density at radius 2 is 1.70 bits per heavy atom. The van der Waals surface area contributed by atoms with Gasteiger partial charge in [0.15, 0.2) is 11.5 Å². The van der Waals surface area contributed by atoms with E-state index in [0.29, 0.717) is 17.8 Å². The van der Waals surface area contributed by atoms with E-state index >= 15 is 0 Å². The molecule has 0 saturated carbocycles. The van der Waals surface area contributed by atoms with Crippen LogP contribution in [-0.4, -0.2) is 52.2 Å². The number of halogens is 1. The number of ether oxygens (including phenoxy) is 3. The van der Waals surface area contributed by atoms with Gasteiger partial charge >= 0.3 is 5.97 Å². The molecule has 1 aliphatic heterocycles. The van der Waals surface area contributed by atoms with Crippen LogP contribution in [0.15, 0.2) is 42.5 Å². The summed E-state index contributed by atoms with van der Waals surface area (Å²) in [4.78, 5) is 15.1. The minimum Gasteiger partial charge on any atom is -0.462 e. The number of carbonyl (C=O) groups is 1. The van der Waals surface area contributed by atoms with E-state index in [0.717, 1.165) is 30.6 Å². The molecule has 0 aliphatic carbocycles. The van der Waals surface area contributed by atoms with Crippen molar-refractivity contribution in [3.63, 3.8) is 0 Å². The third kappa shape index (κ3) is 7.56. The molecule has 0 aromatic heterocycles. The highest BCUT2D eigenvalue weighted by atomic mass is 127. The standard InChI is InChI=1S/C25H36INO4Si2/c1-32(2,3)17-27(16-20-14-22-23(15-21(20)26)31-18-30-22)24(33(4,5)6)12-13-29-25(28)19-10-8-7-9-11-19/h7-11,14-15,24H,12-13,16-18H2,1-6H3. The molecule has 0 radical (unpaired) electrons. The van der Waals surface area contributed by atoms with Crippen molar-refractivity contribution in [2.75, 3.05) is 19.6 Å². The van der Waals surface area contributed by atoms with Crippen molar-refractivity contribution in [3.05, 3.63) is 57.2 Å². The van der Waals surface area contributed by atoms with E-state index in [-0.39, 0.29) is 12.8 Å². The summed E-state index contributed by atoms with van der Waals surface area (Å²) >= 11 is 2.40. The Labute approximate surface area is 214 Å². The Balaban J connectivity index is 1.78. The molecule has 0 spiro atoms. The van der Waals surface area contributed by atoms with Gasteiger partial charge in [0.25, 0.3) is 0 Å². The Morgan fingerprint density at radius 3 is 2.30 bits per heavy atom. The molecular weight excluding hydrogens is 561 g/mol. The molecule has 1 aliphatic rings. The van der Waals surface area contributed by atoms with Crippen molar-refractivity contribution in [1.82, 2.24) is 4.90 Å². The number of rotatable bonds is 10. The lowest BCUT2D eigenvalue weighted by Gasteiger charge is -2.42. The largest absolute Gasteiger partial charge is 0.462 e. The summed E-state index contributed by atoms with van der Waals surface area (Å²) in [5.74, 6) is 1.42. The number of hydrogen-bond donors (Lipinski definition) is 0. The van der Waals surface area contributed by atoms with Crippen LogP contribution in [0, 0.1) is 3.57 Å². The van der Waals surface area contributed by atoms with Gasteiger partial charge < -0.3 is 19.1 Å². The highest BCUT2D eigenvalue weighted by Gasteiger charge is 2.35. The molecule has 0 N–H and O–H groups in total. The van der Waals surface area contributed by atoms with E-state index in [1.807, 2.05) is 18.2 Å². The number of fused-ring (bicyclic) bond motifs is 1. The molecule has 0 saturated heterocycles. The molecule has 1 heterocycles. The fraction of sp³-hybridized carbons (Fsp3) is 0.480. The van der Waals surface area contributed by atoms with Gasteiger partial charge in [-0.1, -0.05) is 57.5 Å². The third-order valence-corrected chi connectivity index (χ3v) is 10.7. The van der Waals surface area contributed by atoms with Crippen LogP contribution in [0.4, 0.5) is 0 Å². The third-order valence-electron chi connectivity index (χ3n) is 5.67. The van der Waals surface area contributed by atoms with Crippen molar-refractivity contribution in [2.45, 2.75) is 57.9 Å². The summed E-state index contributed by atoms with van der Waals surface area (Å²) in [5, 5.41) is 0. The molecule has 8 heteroatoms. The second-order valence-electron chi connectivity index (χ2n) is 10.9. The maximum absolute atomic E-state index is 12.5. The van der Waals surface area contributed by atoms with E-state index < -0.39 is 16.1 Å². The zero-order valence-corrected chi connectivity index (χ0v) is 24.8. The number of esters is 1. The maximum Gasteiger partial charge on any atom is 0.338 e. The summed E-state index contributed by atoms with van der Waals surface area (Å²) in [6, 6.07) is 13.5. The molecule has 0 amide bonds. The van der Waals surface area contributed by atoms with E-state index in [2.05, 4.69) is 78.9 Å². The van der Waals surface area contributed by atoms with Gasteiger partial charge in [0.2, 0.25) is 6.79 Å². The number of benzene rings is 2. The molecule has 180 valence electrons. The first-order chi connectivity index (χ1) is 15.4. The first kappa shape index (κ1) is 26.2. The van der Waals surface area contributed by atoms with Crippen molar-refractivity contribution in [2.24, 2.45) is 0 Å². The summed E-state index contributed by atoms with van der Waals surface area (Å²) in [6.45, 7) is 16.1. The van der Waals surface area contributed by atoms with E-state index in [1.54, 1.807) is 12.1 Å². The van der Waals surface area contributed by atoms with Crippen molar-refractivity contribution in [3.8, 4) is 11.5 Å². The lowest BCUT2D eigenvalue weighted by Crippen LogP contribution is -2.55. The summed E-state index contributed by atoms with van der Waals surface area (Å²) < 4.78 is 18.1. The average Bonchev–Trinajstić information content (AvgIpc) is 3.16. The fourth-order valence-electron chi connectivity index (χ4n) is 4.27. The van der Waals surface area contributed by atoms with Gasteiger partial charge in [0.05, 0.1) is 28.3 Å². The maximum atomic E-state index is 12.5. The summed E-state index contributed by atoms with van der Waals surface area (Å²) in [6.07, 6.45) is 1.94. The van der Waals surface area contributed by atoms with Crippen LogP contribution in [0.1, 0.15) is 22.3 Å². The van der Waals surface area contributed by atoms with Crippen LogP contribution >= 0.6 is 22.6 Å². The normalized spacial score (nSPS) is 14.4.